The number of hydrogen-bond donors (Lipinski definition) is 2. The highest BCUT2D eigenvalue weighted by Crippen LogP contribution is 2.22. The number of aliphatic imine (C=N–C) groups is 1. The van der Waals surface area contributed by atoms with E-state index in [2.05, 4.69) is 52.7 Å². The van der Waals surface area contributed by atoms with Gasteiger partial charge in [-0.05, 0) is 47.0 Å². The lowest BCUT2D eigenvalue weighted by Crippen LogP contribution is -2.39. The SMILES string of the molecule is CC1=CNC(=NCCCn2cncn2)N/C1=C(\C#N)c1cccc(Br)n1. The summed E-state index contributed by atoms with van der Waals surface area (Å²) in [5, 5.41) is 20.0. The number of halogens is 1. The van der Waals surface area contributed by atoms with E-state index in [0.29, 0.717) is 34.1 Å². The highest BCUT2D eigenvalue weighted by Gasteiger charge is 2.17. The van der Waals surface area contributed by atoms with Gasteiger partial charge in [-0.3, -0.25) is 9.67 Å². The maximum atomic E-state index is 9.64. The van der Waals surface area contributed by atoms with E-state index in [9.17, 15) is 5.26 Å². The first kappa shape index (κ1) is 17.8. The van der Waals surface area contributed by atoms with Crippen LogP contribution >= 0.6 is 15.9 Å². The molecular formula is C17H17BrN8. The van der Waals surface area contributed by atoms with Crippen molar-refractivity contribution in [2.75, 3.05) is 6.54 Å². The first-order valence-corrected chi connectivity index (χ1v) is 8.81. The summed E-state index contributed by atoms with van der Waals surface area (Å²) in [6, 6.07) is 7.73. The topological polar surface area (TPSA) is 104 Å². The Bertz CT molecular complexity index is 905. The number of pyridine rings is 1. The third-order valence-corrected chi connectivity index (χ3v) is 4.12. The molecule has 0 aromatic carbocycles. The number of rotatable bonds is 5. The molecule has 2 aromatic heterocycles. The lowest BCUT2D eigenvalue weighted by molar-refractivity contribution is 0.583. The summed E-state index contributed by atoms with van der Waals surface area (Å²) >= 11 is 3.34. The Morgan fingerprint density at radius 2 is 2.31 bits per heavy atom. The zero-order valence-electron chi connectivity index (χ0n) is 14.1. The Morgan fingerprint density at radius 3 is 3.04 bits per heavy atom. The summed E-state index contributed by atoms with van der Waals surface area (Å²) < 4.78 is 2.45. The van der Waals surface area contributed by atoms with Gasteiger partial charge in [0.2, 0.25) is 0 Å². The van der Waals surface area contributed by atoms with Gasteiger partial charge in [0.1, 0.15) is 28.9 Å². The van der Waals surface area contributed by atoms with E-state index in [0.717, 1.165) is 18.5 Å². The van der Waals surface area contributed by atoms with Crippen LogP contribution in [0.3, 0.4) is 0 Å². The average molecular weight is 413 g/mol. The van der Waals surface area contributed by atoms with Crippen LogP contribution in [0.5, 0.6) is 0 Å². The van der Waals surface area contributed by atoms with Crippen molar-refractivity contribution in [3.8, 4) is 6.07 Å². The first-order valence-electron chi connectivity index (χ1n) is 8.02. The molecule has 132 valence electrons. The molecule has 2 N–H and O–H groups in total. The van der Waals surface area contributed by atoms with Crippen LogP contribution in [0.4, 0.5) is 0 Å². The van der Waals surface area contributed by atoms with Crippen molar-refractivity contribution in [1.29, 1.82) is 5.26 Å². The van der Waals surface area contributed by atoms with Crippen molar-refractivity contribution in [2.24, 2.45) is 4.99 Å². The Hall–Kier alpha value is -2.99. The first-order chi connectivity index (χ1) is 12.7. The summed E-state index contributed by atoms with van der Waals surface area (Å²) in [5.74, 6) is 0.604. The number of hydrogen-bond acceptors (Lipinski definition) is 5. The summed E-state index contributed by atoms with van der Waals surface area (Å²) in [7, 11) is 0. The average Bonchev–Trinajstić information content (AvgIpc) is 3.15. The Morgan fingerprint density at radius 1 is 1.42 bits per heavy atom. The molecular weight excluding hydrogens is 396 g/mol. The number of nitrogens with one attached hydrogen (secondary N) is 2. The number of nitriles is 1. The molecule has 1 aliphatic heterocycles. The van der Waals surface area contributed by atoms with Gasteiger partial charge in [0.05, 0.1) is 11.4 Å². The summed E-state index contributed by atoms with van der Waals surface area (Å²) in [4.78, 5) is 12.8. The van der Waals surface area contributed by atoms with Gasteiger partial charge >= 0.3 is 0 Å². The van der Waals surface area contributed by atoms with Crippen molar-refractivity contribution in [3.63, 3.8) is 0 Å². The van der Waals surface area contributed by atoms with Crippen LogP contribution in [0.15, 0.2) is 57.9 Å². The molecule has 0 saturated carbocycles. The molecule has 0 unspecified atom stereocenters. The number of aryl methyl sites for hydroxylation is 1. The largest absolute Gasteiger partial charge is 0.332 e. The number of guanidine groups is 1. The highest BCUT2D eigenvalue weighted by atomic mass is 79.9. The van der Waals surface area contributed by atoms with E-state index in [1.54, 1.807) is 11.0 Å². The second kappa shape index (κ2) is 8.40. The molecule has 1 aliphatic rings. The van der Waals surface area contributed by atoms with Crippen LogP contribution in [-0.2, 0) is 6.54 Å². The molecule has 3 rings (SSSR count). The molecule has 26 heavy (non-hydrogen) atoms. The molecule has 0 fully saturated rings. The maximum absolute atomic E-state index is 9.64. The van der Waals surface area contributed by atoms with Gasteiger partial charge in [-0.1, -0.05) is 6.07 Å². The normalized spacial score (nSPS) is 17.1. The number of aromatic nitrogens is 4. The van der Waals surface area contributed by atoms with Crippen molar-refractivity contribution in [3.05, 3.63) is 58.6 Å². The molecule has 0 bridgehead atoms. The fourth-order valence-corrected chi connectivity index (χ4v) is 2.75. The van der Waals surface area contributed by atoms with E-state index in [1.807, 2.05) is 31.3 Å². The minimum absolute atomic E-state index is 0.469. The van der Waals surface area contributed by atoms with Gasteiger partial charge in [0.15, 0.2) is 5.96 Å². The van der Waals surface area contributed by atoms with Crippen LogP contribution in [0.1, 0.15) is 19.0 Å². The molecule has 8 nitrogen and oxygen atoms in total. The smallest absolute Gasteiger partial charge is 0.199 e. The Labute approximate surface area is 159 Å². The maximum Gasteiger partial charge on any atom is 0.199 e. The Kier molecular flexibility index (Phi) is 5.76. The van der Waals surface area contributed by atoms with Crippen LogP contribution in [0, 0.1) is 11.3 Å². The summed E-state index contributed by atoms with van der Waals surface area (Å²) in [6.45, 7) is 3.29. The van der Waals surface area contributed by atoms with Crippen molar-refractivity contribution < 1.29 is 0 Å². The van der Waals surface area contributed by atoms with E-state index in [4.69, 9.17) is 0 Å². The Balaban J connectivity index is 1.75. The zero-order valence-corrected chi connectivity index (χ0v) is 15.7. The van der Waals surface area contributed by atoms with E-state index in [-0.39, 0.29) is 0 Å². The van der Waals surface area contributed by atoms with Crippen molar-refractivity contribution in [2.45, 2.75) is 19.9 Å². The van der Waals surface area contributed by atoms with Gasteiger partial charge in [-0.15, -0.1) is 0 Å². The molecule has 9 heteroatoms. The second-order valence-electron chi connectivity index (χ2n) is 5.55. The highest BCUT2D eigenvalue weighted by molar-refractivity contribution is 9.10. The van der Waals surface area contributed by atoms with Gasteiger partial charge < -0.3 is 10.6 Å². The van der Waals surface area contributed by atoms with Gasteiger partial charge in [0.25, 0.3) is 0 Å². The van der Waals surface area contributed by atoms with E-state index in [1.165, 1.54) is 6.33 Å². The fourth-order valence-electron chi connectivity index (χ4n) is 2.41. The molecule has 0 atom stereocenters. The lowest BCUT2D eigenvalue weighted by Gasteiger charge is -2.21. The predicted octanol–water partition coefficient (Wildman–Crippen LogP) is 2.21. The number of nitrogens with zero attached hydrogens (tertiary/aromatic N) is 6. The van der Waals surface area contributed by atoms with Crippen LogP contribution in [0.25, 0.3) is 5.57 Å². The van der Waals surface area contributed by atoms with E-state index < -0.39 is 0 Å². The fraction of sp³-hybridized carbons (Fsp3) is 0.235. The third-order valence-electron chi connectivity index (χ3n) is 3.68. The standard InChI is InChI=1S/C17H17BrN8/c1-12-9-22-17(21-6-3-7-26-11-20-10-23-26)25-16(12)13(8-19)14-4-2-5-15(18)24-14/h2,4-5,9-11H,3,6-7H2,1H3,(H2,21,22,25)/b16-13+. The molecule has 0 saturated heterocycles. The molecule has 0 aliphatic carbocycles. The minimum atomic E-state index is 0.469. The van der Waals surface area contributed by atoms with Gasteiger partial charge in [-0.25, -0.2) is 9.97 Å². The molecule has 3 heterocycles. The van der Waals surface area contributed by atoms with Crippen molar-refractivity contribution >= 4 is 27.5 Å². The number of allylic oxidation sites excluding steroid dienone is 2. The van der Waals surface area contributed by atoms with E-state index >= 15 is 0 Å². The van der Waals surface area contributed by atoms with Crippen molar-refractivity contribution in [1.82, 2.24) is 30.4 Å². The second-order valence-corrected chi connectivity index (χ2v) is 6.36. The van der Waals surface area contributed by atoms with Crippen LogP contribution < -0.4 is 10.6 Å². The van der Waals surface area contributed by atoms with Crippen LogP contribution in [-0.4, -0.2) is 32.3 Å². The molecule has 0 spiro atoms. The monoisotopic (exact) mass is 412 g/mol. The molecule has 2 aromatic rings. The van der Waals surface area contributed by atoms with Gasteiger partial charge in [0, 0.05) is 19.3 Å². The third kappa shape index (κ3) is 4.34. The summed E-state index contributed by atoms with van der Waals surface area (Å²) in [5.41, 5.74) is 2.68. The lowest BCUT2D eigenvalue weighted by atomic mass is 10.1. The predicted molar refractivity (Wildman–Crippen MR) is 101 cm³/mol. The minimum Gasteiger partial charge on any atom is -0.332 e. The zero-order chi connectivity index (χ0) is 18.4. The summed E-state index contributed by atoms with van der Waals surface area (Å²) in [6.07, 6.45) is 5.86. The van der Waals surface area contributed by atoms with Gasteiger partial charge in [-0.2, -0.15) is 10.4 Å². The van der Waals surface area contributed by atoms with Crippen LogP contribution in [0.2, 0.25) is 0 Å². The molecule has 0 amide bonds. The molecule has 0 radical (unpaired) electrons. The quantitative estimate of drug-likeness (QED) is 0.443.